The molecule has 2 saturated heterocycles. The van der Waals surface area contributed by atoms with Crippen LogP contribution >= 0.6 is 12.4 Å². The molecule has 2 aliphatic heterocycles. The van der Waals surface area contributed by atoms with Gasteiger partial charge in [0.15, 0.2) is 5.78 Å². The molecule has 0 unspecified atom stereocenters. The summed E-state index contributed by atoms with van der Waals surface area (Å²) in [5.41, 5.74) is -1.80. The van der Waals surface area contributed by atoms with E-state index in [2.05, 4.69) is 20.3 Å². The lowest BCUT2D eigenvalue weighted by Crippen LogP contribution is -2.54. The number of nitrogens with zero attached hydrogens (tertiary/aromatic N) is 1. The maximum Gasteiger partial charge on any atom is 0.416 e. The molecule has 2 heterocycles. The van der Waals surface area contributed by atoms with Crippen molar-refractivity contribution in [3.63, 3.8) is 0 Å². The second-order valence-corrected chi connectivity index (χ2v) is 11.8. The minimum Gasteiger partial charge on any atom is -0.496 e. The Bertz CT molecular complexity index is 1460. The van der Waals surface area contributed by atoms with Crippen LogP contribution in [0.1, 0.15) is 48.0 Å². The number of amides is 3. The Balaban J connectivity index is 0.00000337. The molecule has 5 N–H and O–H groups in total. The van der Waals surface area contributed by atoms with Gasteiger partial charge in [-0.2, -0.15) is 13.2 Å². The van der Waals surface area contributed by atoms with E-state index < -0.39 is 38.2 Å². The fraction of sp³-hybridized carbons (Fsp3) is 0.444. The van der Waals surface area contributed by atoms with E-state index in [-0.39, 0.29) is 58.7 Å². The summed E-state index contributed by atoms with van der Waals surface area (Å²) in [7, 11) is -1.67. The van der Waals surface area contributed by atoms with Crippen molar-refractivity contribution in [2.45, 2.75) is 48.7 Å². The first-order valence-electron chi connectivity index (χ1n) is 13.1. The molecule has 0 saturated carbocycles. The number of unbranched alkanes of at least 4 members (excludes halogenated alkanes) is 1. The number of rotatable bonds is 11. The highest BCUT2D eigenvalue weighted by Crippen LogP contribution is 2.36. The molecule has 3 amide bonds. The van der Waals surface area contributed by atoms with Gasteiger partial charge in [-0.05, 0) is 62.6 Å². The Labute approximate surface area is 258 Å². The number of sulfonamides is 1. The number of anilines is 1. The normalized spacial score (nSPS) is 16.3. The van der Waals surface area contributed by atoms with Gasteiger partial charge >= 0.3 is 12.2 Å². The molecule has 2 aliphatic rings. The predicted molar refractivity (Wildman–Crippen MR) is 156 cm³/mol. The molecule has 0 radical (unpaired) electrons. The van der Waals surface area contributed by atoms with Crippen molar-refractivity contribution >= 4 is 45.8 Å². The molecule has 1 spiro atoms. The standard InChI is InChI=1S/C27H31F3N4O7S.ClH.H2O/c1-40-22-16-23(41-2)20(33-42(38,39)18-8-6-17(7-9-18)27(28,29)30)15-19(22)21(35)5-3-4-12-34-13-10-26(11-14-34)24(36)31-25(37)32-26;;/h6-9,15-16,33H,3-5,10-14H2,1-2H3,(H2,31,32,36,37);1H;1H2. The predicted octanol–water partition coefficient (Wildman–Crippen LogP) is 3.15. The van der Waals surface area contributed by atoms with Crippen LogP contribution in [0, 0.1) is 0 Å². The van der Waals surface area contributed by atoms with E-state index in [0.717, 1.165) is 12.1 Å². The van der Waals surface area contributed by atoms with Gasteiger partial charge < -0.3 is 25.2 Å². The van der Waals surface area contributed by atoms with Crippen LogP contribution in [0.2, 0.25) is 0 Å². The Morgan fingerprint density at radius 2 is 1.64 bits per heavy atom. The van der Waals surface area contributed by atoms with Crippen molar-refractivity contribution in [2.24, 2.45) is 0 Å². The Hall–Kier alpha value is -3.60. The number of hydrogen-bond donors (Lipinski definition) is 3. The molecule has 12 nitrogen and oxygen atoms in total. The first kappa shape index (κ1) is 36.6. The number of likely N-dealkylation sites (tertiary alicyclic amines) is 1. The van der Waals surface area contributed by atoms with Crippen LogP contribution in [0.3, 0.4) is 0 Å². The van der Waals surface area contributed by atoms with Crippen molar-refractivity contribution in [1.29, 1.82) is 0 Å². The number of alkyl halides is 3. The quantitative estimate of drug-likeness (QED) is 0.186. The van der Waals surface area contributed by atoms with E-state index in [4.69, 9.17) is 9.47 Å². The van der Waals surface area contributed by atoms with E-state index in [1.54, 1.807) is 0 Å². The number of methoxy groups -OCH3 is 2. The van der Waals surface area contributed by atoms with Crippen LogP contribution in [0.25, 0.3) is 0 Å². The molecule has 2 aromatic carbocycles. The molecular weight excluding hydrogens is 633 g/mol. The molecule has 17 heteroatoms. The number of piperidine rings is 1. The molecule has 0 aromatic heterocycles. The Morgan fingerprint density at radius 1 is 1.02 bits per heavy atom. The van der Waals surface area contributed by atoms with Crippen LogP contribution in [0.4, 0.5) is 23.7 Å². The van der Waals surface area contributed by atoms with Crippen molar-refractivity contribution in [1.82, 2.24) is 15.5 Å². The van der Waals surface area contributed by atoms with Crippen LogP contribution < -0.4 is 24.8 Å². The maximum atomic E-state index is 13.1. The first-order chi connectivity index (χ1) is 19.8. The third kappa shape index (κ3) is 8.11. The lowest BCUT2D eigenvalue weighted by molar-refractivity contribution is -0.137. The van der Waals surface area contributed by atoms with Crippen LogP contribution in [-0.4, -0.2) is 75.9 Å². The van der Waals surface area contributed by atoms with Gasteiger partial charge in [-0.3, -0.25) is 19.6 Å². The molecule has 0 atom stereocenters. The zero-order chi connectivity index (χ0) is 30.7. The van der Waals surface area contributed by atoms with Gasteiger partial charge in [0, 0.05) is 25.6 Å². The highest BCUT2D eigenvalue weighted by atomic mass is 35.5. The van der Waals surface area contributed by atoms with Crippen molar-refractivity contribution in [2.75, 3.05) is 38.6 Å². The molecular formula is C27H34ClF3N4O8S. The van der Waals surface area contributed by atoms with Crippen LogP contribution in [0.15, 0.2) is 41.3 Å². The van der Waals surface area contributed by atoms with Gasteiger partial charge in [-0.15, -0.1) is 12.4 Å². The average molecular weight is 667 g/mol. The smallest absolute Gasteiger partial charge is 0.416 e. The molecule has 0 bridgehead atoms. The summed E-state index contributed by atoms with van der Waals surface area (Å²) in [4.78, 5) is 38.5. The van der Waals surface area contributed by atoms with Gasteiger partial charge in [0.2, 0.25) is 0 Å². The molecule has 44 heavy (non-hydrogen) atoms. The average Bonchev–Trinajstić information content (AvgIpc) is 3.22. The topological polar surface area (TPSA) is 175 Å². The number of benzene rings is 2. The second-order valence-electron chi connectivity index (χ2n) is 10.1. The van der Waals surface area contributed by atoms with Crippen LogP contribution in [0.5, 0.6) is 11.5 Å². The second kappa shape index (κ2) is 14.5. The maximum absolute atomic E-state index is 13.1. The number of imide groups is 1. The number of ether oxygens (including phenoxy) is 2. The van der Waals surface area contributed by atoms with Gasteiger partial charge in [-0.25, -0.2) is 13.2 Å². The number of hydrogen-bond acceptors (Lipinski definition) is 8. The van der Waals surface area contributed by atoms with E-state index in [1.165, 1.54) is 26.4 Å². The summed E-state index contributed by atoms with van der Waals surface area (Å²) in [6, 6.07) is 5.19. The minimum absolute atomic E-state index is 0. The largest absolute Gasteiger partial charge is 0.496 e. The van der Waals surface area contributed by atoms with Crippen molar-refractivity contribution in [3.05, 3.63) is 47.5 Å². The van der Waals surface area contributed by atoms with Gasteiger partial charge in [0.05, 0.1) is 35.9 Å². The number of urea groups is 1. The lowest BCUT2D eigenvalue weighted by atomic mass is 9.87. The van der Waals surface area contributed by atoms with E-state index in [1.807, 2.05) is 0 Å². The number of ketones is 1. The number of carbonyl (C=O) groups excluding carboxylic acids is 3. The summed E-state index contributed by atoms with van der Waals surface area (Å²) in [6.07, 6.45) is -2.27. The molecule has 0 aliphatic carbocycles. The van der Waals surface area contributed by atoms with E-state index in [0.29, 0.717) is 57.5 Å². The lowest BCUT2D eigenvalue weighted by Gasteiger charge is -2.36. The SMILES string of the molecule is COc1cc(OC)c(C(=O)CCCCN2CCC3(CC2)NC(=O)NC3=O)cc1NS(=O)(=O)c1ccc(C(F)(F)F)cc1.Cl.O. The van der Waals surface area contributed by atoms with Crippen LogP contribution in [-0.2, 0) is 21.0 Å². The number of nitrogens with one attached hydrogen (secondary N) is 3. The highest BCUT2D eigenvalue weighted by molar-refractivity contribution is 7.92. The minimum atomic E-state index is -4.62. The first-order valence-corrected chi connectivity index (χ1v) is 14.6. The molecule has 2 fully saturated rings. The summed E-state index contributed by atoms with van der Waals surface area (Å²) < 4.78 is 77.4. The summed E-state index contributed by atoms with van der Waals surface area (Å²) in [5, 5.41) is 5.00. The van der Waals surface area contributed by atoms with Gasteiger partial charge in [0.1, 0.15) is 17.0 Å². The fourth-order valence-electron chi connectivity index (χ4n) is 5.02. The summed E-state index contributed by atoms with van der Waals surface area (Å²) >= 11 is 0. The van der Waals surface area contributed by atoms with Crippen molar-refractivity contribution in [3.8, 4) is 11.5 Å². The third-order valence-electron chi connectivity index (χ3n) is 7.41. The highest BCUT2D eigenvalue weighted by Gasteiger charge is 2.47. The number of halogens is 4. The Morgan fingerprint density at radius 3 is 2.16 bits per heavy atom. The van der Waals surface area contributed by atoms with Gasteiger partial charge in [0.25, 0.3) is 15.9 Å². The molecule has 2 aromatic rings. The Kier molecular flexibility index (Phi) is 12.0. The van der Waals surface area contributed by atoms with Gasteiger partial charge in [-0.1, -0.05) is 0 Å². The monoisotopic (exact) mass is 666 g/mol. The number of Topliss-reactive ketones (excluding diaryl/α,β-unsaturated/α-hetero) is 1. The fourth-order valence-corrected chi connectivity index (χ4v) is 6.08. The van der Waals surface area contributed by atoms with E-state index in [9.17, 15) is 36.0 Å². The number of carbonyl (C=O) groups is 3. The van der Waals surface area contributed by atoms with E-state index >= 15 is 0 Å². The molecule has 244 valence electrons. The summed E-state index contributed by atoms with van der Waals surface area (Å²) in [6.45, 7) is 1.93. The summed E-state index contributed by atoms with van der Waals surface area (Å²) in [5.74, 6) is -0.374. The molecule has 4 rings (SSSR count). The zero-order valence-corrected chi connectivity index (χ0v) is 25.5. The third-order valence-corrected chi connectivity index (χ3v) is 8.79. The van der Waals surface area contributed by atoms with Crippen molar-refractivity contribution < 1.29 is 50.9 Å². The zero-order valence-electron chi connectivity index (χ0n) is 23.9.